The highest BCUT2D eigenvalue weighted by molar-refractivity contribution is 7.89. The molecule has 0 aliphatic carbocycles. The minimum Gasteiger partial charge on any atom is -0.451 e. The number of morpholine rings is 1. The molecule has 1 aliphatic rings. The molecule has 7 nitrogen and oxygen atoms in total. The van der Waals surface area contributed by atoms with Gasteiger partial charge in [-0.1, -0.05) is 35.9 Å². The minimum atomic E-state index is -3.54. The monoisotopic (exact) mass is 460 g/mol. The molecule has 1 amide bonds. The normalized spacial score (nSPS) is 15.0. The zero-order chi connectivity index (χ0) is 21.8. The topological polar surface area (TPSA) is 88.9 Å². The number of hydrogen-bond acceptors (Lipinski definition) is 5. The van der Waals surface area contributed by atoms with Crippen LogP contribution in [-0.2, 0) is 21.3 Å². The molecule has 0 saturated carbocycles. The van der Waals surface area contributed by atoms with Crippen LogP contribution in [0.2, 0.25) is 5.02 Å². The Hall–Kier alpha value is -2.65. The summed E-state index contributed by atoms with van der Waals surface area (Å²) in [6.07, 6.45) is 0. The second-order valence-corrected chi connectivity index (χ2v) is 9.33. The maximum Gasteiger partial charge on any atom is 0.287 e. The summed E-state index contributed by atoms with van der Waals surface area (Å²) in [4.78, 5) is 12.7. The molecule has 2 heterocycles. The Labute approximate surface area is 185 Å². The van der Waals surface area contributed by atoms with E-state index in [1.807, 2.05) is 18.2 Å². The first kappa shape index (κ1) is 21.6. The van der Waals surface area contributed by atoms with Gasteiger partial charge in [-0.15, -0.1) is 0 Å². The minimum absolute atomic E-state index is 0.168. The number of rotatable bonds is 6. The summed E-state index contributed by atoms with van der Waals surface area (Å²) >= 11 is 6.17. The number of ether oxygens (including phenoxy) is 1. The summed E-state index contributed by atoms with van der Waals surface area (Å²) in [6.45, 7) is 1.72. The fourth-order valence-corrected chi connectivity index (χ4v) is 4.89. The van der Waals surface area contributed by atoms with Crippen molar-refractivity contribution in [2.75, 3.05) is 26.3 Å². The van der Waals surface area contributed by atoms with Gasteiger partial charge in [-0.2, -0.15) is 4.31 Å². The number of nitrogens with zero attached hydrogens (tertiary/aromatic N) is 1. The van der Waals surface area contributed by atoms with E-state index in [-0.39, 0.29) is 23.1 Å². The lowest BCUT2D eigenvalue weighted by molar-refractivity contribution is 0.0730. The van der Waals surface area contributed by atoms with E-state index in [2.05, 4.69) is 5.32 Å². The number of hydrogen-bond donors (Lipinski definition) is 1. The number of sulfonamides is 1. The second kappa shape index (κ2) is 9.23. The highest BCUT2D eigenvalue weighted by atomic mass is 35.5. The largest absolute Gasteiger partial charge is 0.451 e. The van der Waals surface area contributed by atoms with Gasteiger partial charge in [-0.05, 0) is 42.0 Å². The number of carbonyl (C=O) groups is 1. The number of nitrogens with one attached hydrogen (secondary N) is 1. The number of furan rings is 1. The summed E-state index contributed by atoms with van der Waals surface area (Å²) in [6, 6.07) is 17.0. The van der Waals surface area contributed by atoms with E-state index < -0.39 is 10.0 Å². The van der Waals surface area contributed by atoms with Crippen LogP contribution in [-0.4, -0.2) is 44.9 Å². The summed E-state index contributed by atoms with van der Waals surface area (Å²) < 4.78 is 37.6. The average Bonchev–Trinajstić information content (AvgIpc) is 3.29. The molecule has 0 bridgehead atoms. The van der Waals surface area contributed by atoms with Crippen molar-refractivity contribution in [1.82, 2.24) is 9.62 Å². The molecule has 0 atom stereocenters. The van der Waals surface area contributed by atoms with Gasteiger partial charge in [0.05, 0.1) is 23.1 Å². The molecule has 1 N–H and O–H groups in total. The molecule has 0 radical (unpaired) electrons. The predicted molar refractivity (Wildman–Crippen MR) is 116 cm³/mol. The summed E-state index contributed by atoms with van der Waals surface area (Å²) in [5.74, 6) is 0.304. The van der Waals surface area contributed by atoms with E-state index in [1.54, 1.807) is 42.5 Å². The molecule has 1 aliphatic heterocycles. The van der Waals surface area contributed by atoms with E-state index in [0.717, 1.165) is 5.56 Å². The maximum atomic E-state index is 12.7. The first-order valence-electron chi connectivity index (χ1n) is 9.75. The third-order valence-electron chi connectivity index (χ3n) is 4.95. The highest BCUT2D eigenvalue weighted by Crippen LogP contribution is 2.29. The second-order valence-electron chi connectivity index (χ2n) is 6.99. The fraction of sp³-hybridized carbons (Fsp3) is 0.227. The van der Waals surface area contributed by atoms with E-state index in [4.69, 9.17) is 20.8 Å². The van der Waals surface area contributed by atoms with Crippen LogP contribution in [0.25, 0.3) is 11.3 Å². The van der Waals surface area contributed by atoms with Gasteiger partial charge >= 0.3 is 0 Å². The molecule has 1 saturated heterocycles. The molecule has 1 aromatic heterocycles. The van der Waals surface area contributed by atoms with Crippen molar-refractivity contribution in [3.63, 3.8) is 0 Å². The quantitative estimate of drug-likeness (QED) is 0.607. The third kappa shape index (κ3) is 4.83. The van der Waals surface area contributed by atoms with Gasteiger partial charge in [-0.3, -0.25) is 4.79 Å². The summed E-state index contributed by atoms with van der Waals surface area (Å²) in [5.41, 5.74) is 1.48. The number of halogens is 1. The fourth-order valence-electron chi connectivity index (χ4n) is 3.25. The molecule has 31 heavy (non-hydrogen) atoms. The van der Waals surface area contributed by atoms with Crippen molar-refractivity contribution in [2.45, 2.75) is 11.4 Å². The van der Waals surface area contributed by atoms with Crippen LogP contribution in [0.5, 0.6) is 0 Å². The Morgan fingerprint density at radius 1 is 1.00 bits per heavy atom. The molecular weight excluding hydrogens is 440 g/mol. The standard InChI is InChI=1S/C22H21ClN2O5S/c23-19-4-2-1-3-18(19)20-9-10-21(30-20)22(26)24-15-16-5-7-17(8-6-16)31(27,28)25-11-13-29-14-12-25/h1-10H,11-15H2,(H,24,26). The first-order chi connectivity index (χ1) is 14.9. The van der Waals surface area contributed by atoms with Gasteiger partial charge in [-0.25, -0.2) is 8.42 Å². The lowest BCUT2D eigenvalue weighted by Crippen LogP contribution is -2.40. The molecule has 2 aromatic carbocycles. The van der Waals surface area contributed by atoms with Crippen molar-refractivity contribution in [2.24, 2.45) is 0 Å². The van der Waals surface area contributed by atoms with Crippen LogP contribution in [0.4, 0.5) is 0 Å². The van der Waals surface area contributed by atoms with E-state index in [9.17, 15) is 13.2 Å². The zero-order valence-corrected chi connectivity index (χ0v) is 18.2. The number of amides is 1. The van der Waals surface area contributed by atoms with Crippen molar-refractivity contribution < 1.29 is 22.4 Å². The highest BCUT2D eigenvalue weighted by Gasteiger charge is 2.26. The van der Waals surface area contributed by atoms with E-state index in [1.165, 1.54) is 4.31 Å². The molecule has 4 rings (SSSR count). The molecule has 9 heteroatoms. The van der Waals surface area contributed by atoms with E-state index >= 15 is 0 Å². The van der Waals surface area contributed by atoms with Gasteiger partial charge in [0.2, 0.25) is 10.0 Å². The van der Waals surface area contributed by atoms with Crippen LogP contribution >= 0.6 is 11.6 Å². The molecule has 0 unspecified atom stereocenters. The summed E-state index contributed by atoms with van der Waals surface area (Å²) in [7, 11) is -3.54. The first-order valence-corrected chi connectivity index (χ1v) is 11.6. The van der Waals surface area contributed by atoms with Gasteiger partial charge < -0.3 is 14.5 Å². The lowest BCUT2D eigenvalue weighted by Gasteiger charge is -2.26. The Kier molecular flexibility index (Phi) is 6.43. The maximum absolute atomic E-state index is 12.7. The third-order valence-corrected chi connectivity index (χ3v) is 7.20. The van der Waals surface area contributed by atoms with Crippen LogP contribution in [0, 0.1) is 0 Å². The number of carbonyl (C=O) groups excluding carboxylic acids is 1. The SMILES string of the molecule is O=C(NCc1ccc(S(=O)(=O)N2CCOCC2)cc1)c1ccc(-c2ccccc2Cl)o1. The molecule has 162 valence electrons. The number of benzene rings is 2. The lowest BCUT2D eigenvalue weighted by atomic mass is 10.2. The van der Waals surface area contributed by atoms with E-state index in [0.29, 0.717) is 42.6 Å². The van der Waals surface area contributed by atoms with Crippen LogP contribution < -0.4 is 5.32 Å². The van der Waals surface area contributed by atoms with Gasteiger partial charge in [0, 0.05) is 25.2 Å². The zero-order valence-electron chi connectivity index (χ0n) is 16.6. The van der Waals surface area contributed by atoms with Crippen molar-refractivity contribution in [3.8, 4) is 11.3 Å². The van der Waals surface area contributed by atoms with Gasteiger partial charge in [0.25, 0.3) is 5.91 Å². The Bertz CT molecular complexity index is 1170. The van der Waals surface area contributed by atoms with Crippen LogP contribution in [0.3, 0.4) is 0 Å². The smallest absolute Gasteiger partial charge is 0.287 e. The molecule has 0 spiro atoms. The Morgan fingerprint density at radius 3 is 2.42 bits per heavy atom. The molecule has 3 aromatic rings. The van der Waals surface area contributed by atoms with Crippen LogP contribution in [0.15, 0.2) is 70.0 Å². The molecular formula is C22H21ClN2O5S. The van der Waals surface area contributed by atoms with Crippen LogP contribution in [0.1, 0.15) is 16.1 Å². The van der Waals surface area contributed by atoms with Crippen molar-refractivity contribution in [3.05, 3.63) is 77.0 Å². The Balaban J connectivity index is 1.38. The predicted octanol–water partition coefficient (Wildman–Crippen LogP) is 3.55. The summed E-state index contributed by atoms with van der Waals surface area (Å²) in [5, 5.41) is 3.31. The average molecular weight is 461 g/mol. The molecule has 1 fully saturated rings. The van der Waals surface area contributed by atoms with Gasteiger partial charge in [0.1, 0.15) is 5.76 Å². The van der Waals surface area contributed by atoms with Gasteiger partial charge in [0.15, 0.2) is 5.76 Å². The van der Waals surface area contributed by atoms with Crippen molar-refractivity contribution >= 4 is 27.5 Å². The van der Waals surface area contributed by atoms with Crippen molar-refractivity contribution in [1.29, 1.82) is 0 Å². The Morgan fingerprint density at radius 2 is 1.71 bits per heavy atom.